The molecule has 4 nitrogen and oxygen atoms in total. The largest absolute Gasteiger partial charge is 0.481 e. The Morgan fingerprint density at radius 2 is 1.38 bits per heavy atom. The van der Waals surface area contributed by atoms with Crippen LogP contribution in [0.5, 0.6) is 0 Å². The average molecular weight is 298 g/mol. The van der Waals surface area contributed by atoms with E-state index in [0.717, 1.165) is 5.57 Å². The lowest BCUT2D eigenvalue weighted by Gasteiger charge is -2.42. The maximum Gasteiger partial charge on any atom is 0.309 e. The first-order chi connectivity index (χ1) is 9.13. The Bertz CT molecular complexity index is 430. The molecule has 2 N–H and O–H groups in total. The van der Waals surface area contributed by atoms with Gasteiger partial charge in [-0.1, -0.05) is 46.8 Å². The van der Waals surface area contributed by atoms with Gasteiger partial charge in [-0.3, -0.25) is 9.59 Å². The van der Waals surface area contributed by atoms with E-state index in [1.54, 1.807) is 20.8 Å². The normalized spacial score (nSPS) is 14.6. The van der Waals surface area contributed by atoms with Gasteiger partial charge in [0.2, 0.25) is 0 Å². The molecular weight excluding hydrogens is 268 g/mol. The van der Waals surface area contributed by atoms with E-state index in [4.69, 9.17) is 5.11 Å². The number of hydrogen-bond acceptors (Lipinski definition) is 2. The second-order valence-electron chi connectivity index (χ2n) is 8.06. The molecule has 0 aromatic heterocycles. The van der Waals surface area contributed by atoms with E-state index in [9.17, 15) is 14.7 Å². The highest BCUT2D eigenvalue weighted by molar-refractivity contribution is 5.73. The second kappa shape index (κ2) is 6.20. The zero-order chi connectivity index (χ0) is 17.2. The van der Waals surface area contributed by atoms with Crippen LogP contribution in [0.1, 0.15) is 61.3 Å². The highest BCUT2D eigenvalue weighted by Gasteiger charge is 2.41. The molecule has 0 heterocycles. The van der Waals surface area contributed by atoms with E-state index in [1.165, 1.54) is 0 Å². The van der Waals surface area contributed by atoms with Crippen molar-refractivity contribution in [2.75, 3.05) is 0 Å². The van der Waals surface area contributed by atoms with Crippen molar-refractivity contribution in [1.29, 1.82) is 0 Å². The highest BCUT2D eigenvalue weighted by atomic mass is 16.4. The molecule has 0 bridgehead atoms. The van der Waals surface area contributed by atoms with Crippen LogP contribution >= 0.6 is 0 Å². The summed E-state index contributed by atoms with van der Waals surface area (Å²) in [4.78, 5) is 22.4. The maximum absolute atomic E-state index is 11.3. The summed E-state index contributed by atoms with van der Waals surface area (Å²) in [5.74, 6) is -2.11. The van der Waals surface area contributed by atoms with Crippen LogP contribution in [0, 0.1) is 22.2 Å². The van der Waals surface area contributed by atoms with Crippen molar-refractivity contribution in [3.63, 3.8) is 0 Å². The SMILES string of the molecule is C=C(C(C)(C)CC(C)C(=O)O)C(C)(C)CC(C)(C)C(=O)O. The fraction of sp³-hybridized carbons (Fsp3) is 0.765. The van der Waals surface area contributed by atoms with Crippen LogP contribution in [-0.4, -0.2) is 22.2 Å². The number of allylic oxidation sites excluding steroid dienone is 1. The molecule has 0 rings (SSSR count). The lowest BCUT2D eigenvalue weighted by Crippen LogP contribution is -2.36. The quantitative estimate of drug-likeness (QED) is 0.658. The van der Waals surface area contributed by atoms with Crippen LogP contribution in [0.3, 0.4) is 0 Å². The fourth-order valence-corrected chi connectivity index (χ4v) is 3.18. The summed E-state index contributed by atoms with van der Waals surface area (Å²) < 4.78 is 0. The molecule has 1 atom stereocenters. The first-order valence-electron chi connectivity index (χ1n) is 7.29. The molecule has 0 saturated heterocycles. The molecule has 0 aromatic rings. The highest BCUT2D eigenvalue weighted by Crippen LogP contribution is 2.47. The molecule has 4 heteroatoms. The van der Waals surface area contributed by atoms with Gasteiger partial charge in [0.05, 0.1) is 11.3 Å². The number of carboxylic acids is 2. The van der Waals surface area contributed by atoms with Crippen LogP contribution < -0.4 is 0 Å². The molecule has 0 aromatic carbocycles. The summed E-state index contributed by atoms with van der Waals surface area (Å²) in [5, 5.41) is 18.4. The Morgan fingerprint density at radius 1 is 0.952 bits per heavy atom. The number of aliphatic carboxylic acids is 2. The predicted molar refractivity (Wildman–Crippen MR) is 84.2 cm³/mol. The molecule has 21 heavy (non-hydrogen) atoms. The molecule has 1 unspecified atom stereocenters. The Hall–Kier alpha value is -1.32. The van der Waals surface area contributed by atoms with Gasteiger partial charge in [0.25, 0.3) is 0 Å². The van der Waals surface area contributed by atoms with E-state index in [2.05, 4.69) is 6.58 Å². The number of carboxylic acid groups (broad SMARTS) is 2. The topological polar surface area (TPSA) is 74.6 Å². The Labute approximate surface area is 128 Å². The average Bonchev–Trinajstić information content (AvgIpc) is 2.25. The van der Waals surface area contributed by atoms with Crippen LogP contribution in [0.25, 0.3) is 0 Å². The molecule has 0 aliphatic rings. The van der Waals surface area contributed by atoms with Crippen LogP contribution in [0.4, 0.5) is 0 Å². The monoisotopic (exact) mass is 298 g/mol. The number of carbonyl (C=O) groups is 2. The van der Waals surface area contributed by atoms with Gasteiger partial charge in [-0.2, -0.15) is 0 Å². The summed E-state index contributed by atoms with van der Waals surface area (Å²) in [6, 6.07) is 0. The molecule has 122 valence electrons. The lowest BCUT2D eigenvalue weighted by atomic mass is 9.62. The number of rotatable bonds is 8. The molecule has 0 saturated carbocycles. The van der Waals surface area contributed by atoms with Crippen molar-refractivity contribution in [2.45, 2.75) is 61.3 Å². The molecular formula is C17H30O4. The summed E-state index contributed by atoms with van der Waals surface area (Å²) in [7, 11) is 0. The zero-order valence-corrected chi connectivity index (χ0v) is 14.4. The maximum atomic E-state index is 11.3. The predicted octanol–water partition coefficient (Wildman–Crippen LogP) is 4.21. The first kappa shape index (κ1) is 19.7. The standard InChI is InChI=1S/C17H30O4/c1-11(13(18)19)9-15(3,4)12(2)16(5,6)10-17(7,8)14(20)21/h11H,2,9-10H2,1,3-8H3,(H,18,19)(H,20,21). The molecule has 0 radical (unpaired) electrons. The third kappa shape index (κ3) is 5.18. The number of hydrogen-bond donors (Lipinski definition) is 2. The lowest BCUT2D eigenvalue weighted by molar-refractivity contribution is -0.148. The molecule has 0 spiro atoms. The van der Waals surface area contributed by atoms with Gasteiger partial charge in [0.1, 0.15) is 0 Å². The fourth-order valence-electron chi connectivity index (χ4n) is 3.18. The molecule has 0 amide bonds. The van der Waals surface area contributed by atoms with Gasteiger partial charge in [0, 0.05) is 0 Å². The van der Waals surface area contributed by atoms with Crippen molar-refractivity contribution in [2.24, 2.45) is 22.2 Å². The van der Waals surface area contributed by atoms with Crippen LogP contribution in [-0.2, 0) is 9.59 Å². The third-order valence-electron chi connectivity index (χ3n) is 4.33. The minimum atomic E-state index is -0.846. The van der Waals surface area contributed by atoms with E-state index in [-0.39, 0.29) is 10.8 Å². The van der Waals surface area contributed by atoms with Crippen molar-refractivity contribution in [1.82, 2.24) is 0 Å². The van der Waals surface area contributed by atoms with Gasteiger partial charge < -0.3 is 10.2 Å². The van der Waals surface area contributed by atoms with E-state index in [0.29, 0.717) is 12.8 Å². The summed E-state index contributed by atoms with van der Waals surface area (Å²) in [6.45, 7) is 17.2. The summed E-state index contributed by atoms with van der Waals surface area (Å²) in [6.07, 6.45) is 0.942. The zero-order valence-electron chi connectivity index (χ0n) is 14.4. The van der Waals surface area contributed by atoms with Crippen LogP contribution in [0.15, 0.2) is 12.2 Å². The van der Waals surface area contributed by atoms with Gasteiger partial charge >= 0.3 is 11.9 Å². The van der Waals surface area contributed by atoms with Crippen LogP contribution in [0.2, 0.25) is 0 Å². The van der Waals surface area contributed by atoms with Gasteiger partial charge in [0.15, 0.2) is 0 Å². The van der Waals surface area contributed by atoms with Crippen molar-refractivity contribution >= 4 is 11.9 Å². The van der Waals surface area contributed by atoms with Crippen molar-refractivity contribution in [3.8, 4) is 0 Å². The van der Waals surface area contributed by atoms with E-state index >= 15 is 0 Å². The summed E-state index contributed by atoms with van der Waals surface area (Å²) in [5.41, 5.74) is -0.696. The Morgan fingerprint density at radius 3 is 1.71 bits per heavy atom. The molecule has 0 aliphatic heterocycles. The Balaban J connectivity index is 5.20. The van der Waals surface area contributed by atoms with Crippen molar-refractivity contribution in [3.05, 3.63) is 12.2 Å². The minimum Gasteiger partial charge on any atom is -0.481 e. The van der Waals surface area contributed by atoms with Gasteiger partial charge in [-0.15, -0.1) is 0 Å². The minimum absolute atomic E-state index is 0.365. The Kier molecular flexibility index (Phi) is 5.81. The van der Waals surface area contributed by atoms with E-state index in [1.807, 2.05) is 27.7 Å². The second-order valence-corrected chi connectivity index (χ2v) is 8.06. The third-order valence-corrected chi connectivity index (χ3v) is 4.33. The molecule has 0 fully saturated rings. The van der Waals surface area contributed by atoms with Gasteiger partial charge in [-0.25, -0.2) is 0 Å². The smallest absolute Gasteiger partial charge is 0.309 e. The summed E-state index contributed by atoms with van der Waals surface area (Å²) >= 11 is 0. The van der Waals surface area contributed by atoms with Crippen molar-refractivity contribution < 1.29 is 19.8 Å². The van der Waals surface area contributed by atoms with Gasteiger partial charge in [-0.05, 0) is 37.5 Å². The first-order valence-corrected chi connectivity index (χ1v) is 7.29. The molecule has 0 aliphatic carbocycles. The van der Waals surface area contributed by atoms with E-state index < -0.39 is 23.3 Å².